The standard InChI is InChI=1S/C17H22O4/c1-2-19-14-8-12(9-14)10-15(18)13-4-5-16-17(11-13)21-7-3-6-20-16/h4-5,11-12,14H,2-3,6-10H2,1H3. The van der Waals surface area contributed by atoms with E-state index in [9.17, 15) is 4.79 Å². The highest BCUT2D eigenvalue weighted by atomic mass is 16.5. The Morgan fingerprint density at radius 3 is 2.76 bits per heavy atom. The van der Waals surface area contributed by atoms with Crippen LogP contribution < -0.4 is 9.47 Å². The molecule has 0 saturated heterocycles. The van der Waals surface area contributed by atoms with Crippen LogP contribution in [0, 0.1) is 5.92 Å². The van der Waals surface area contributed by atoms with Gasteiger partial charge in [-0.1, -0.05) is 0 Å². The van der Waals surface area contributed by atoms with Crippen LogP contribution in [-0.4, -0.2) is 31.7 Å². The lowest BCUT2D eigenvalue weighted by atomic mass is 9.78. The topological polar surface area (TPSA) is 44.8 Å². The predicted molar refractivity (Wildman–Crippen MR) is 79.1 cm³/mol. The quantitative estimate of drug-likeness (QED) is 0.781. The Morgan fingerprint density at radius 1 is 1.24 bits per heavy atom. The van der Waals surface area contributed by atoms with Crippen molar-refractivity contribution in [3.63, 3.8) is 0 Å². The second kappa shape index (κ2) is 6.48. The Hall–Kier alpha value is -1.55. The fourth-order valence-corrected chi connectivity index (χ4v) is 2.93. The molecule has 2 aliphatic rings. The highest BCUT2D eigenvalue weighted by Crippen LogP contribution is 2.35. The third-order valence-electron chi connectivity index (χ3n) is 4.14. The lowest BCUT2D eigenvalue weighted by Gasteiger charge is -2.34. The van der Waals surface area contributed by atoms with Crippen molar-refractivity contribution in [2.75, 3.05) is 19.8 Å². The van der Waals surface area contributed by atoms with Crippen LogP contribution in [0.3, 0.4) is 0 Å². The van der Waals surface area contributed by atoms with Crippen molar-refractivity contribution < 1.29 is 19.0 Å². The number of ether oxygens (including phenoxy) is 3. The summed E-state index contributed by atoms with van der Waals surface area (Å²) >= 11 is 0. The molecule has 1 aromatic carbocycles. The Balaban J connectivity index is 1.59. The van der Waals surface area contributed by atoms with Crippen LogP contribution in [-0.2, 0) is 4.74 Å². The van der Waals surface area contributed by atoms with Crippen molar-refractivity contribution in [3.8, 4) is 11.5 Å². The lowest BCUT2D eigenvalue weighted by molar-refractivity contribution is -0.0246. The number of benzene rings is 1. The number of carbonyl (C=O) groups is 1. The third-order valence-corrected chi connectivity index (χ3v) is 4.14. The highest BCUT2D eigenvalue weighted by Gasteiger charge is 2.31. The second-order valence-electron chi connectivity index (χ2n) is 5.75. The molecule has 21 heavy (non-hydrogen) atoms. The molecule has 0 aromatic heterocycles. The minimum absolute atomic E-state index is 0.186. The molecule has 4 heteroatoms. The van der Waals surface area contributed by atoms with Gasteiger partial charge in [0.1, 0.15) is 0 Å². The normalized spacial score (nSPS) is 24.0. The molecule has 0 amide bonds. The van der Waals surface area contributed by atoms with Gasteiger partial charge in [0.2, 0.25) is 0 Å². The maximum absolute atomic E-state index is 12.3. The third kappa shape index (κ3) is 3.38. The number of rotatable bonds is 5. The van der Waals surface area contributed by atoms with E-state index >= 15 is 0 Å². The van der Waals surface area contributed by atoms with Gasteiger partial charge in [-0.2, -0.15) is 0 Å². The molecule has 114 valence electrons. The molecule has 0 bridgehead atoms. The van der Waals surface area contributed by atoms with Gasteiger partial charge in [-0.05, 0) is 43.9 Å². The Morgan fingerprint density at radius 2 is 2.00 bits per heavy atom. The van der Waals surface area contributed by atoms with Gasteiger partial charge >= 0.3 is 0 Å². The van der Waals surface area contributed by atoms with E-state index in [1.54, 1.807) is 0 Å². The maximum Gasteiger partial charge on any atom is 0.163 e. The molecule has 1 aliphatic carbocycles. The minimum atomic E-state index is 0.186. The number of fused-ring (bicyclic) bond motifs is 1. The molecule has 0 radical (unpaired) electrons. The number of Topliss-reactive ketones (excluding diaryl/α,β-unsaturated/α-hetero) is 1. The first-order valence-corrected chi connectivity index (χ1v) is 7.80. The monoisotopic (exact) mass is 290 g/mol. The molecular formula is C17H22O4. The summed E-state index contributed by atoms with van der Waals surface area (Å²) in [5.41, 5.74) is 0.721. The van der Waals surface area contributed by atoms with Crippen molar-refractivity contribution >= 4 is 5.78 Å². The molecule has 1 heterocycles. The molecule has 0 N–H and O–H groups in total. The number of hydrogen-bond donors (Lipinski definition) is 0. The zero-order chi connectivity index (χ0) is 14.7. The van der Waals surface area contributed by atoms with E-state index in [1.807, 2.05) is 25.1 Å². The molecule has 4 nitrogen and oxygen atoms in total. The fourth-order valence-electron chi connectivity index (χ4n) is 2.93. The van der Waals surface area contributed by atoms with Crippen molar-refractivity contribution in [2.45, 2.75) is 38.7 Å². The summed E-state index contributed by atoms with van der Waals surface area (Å²) in [7, 11) is 0. The lowest BCUT2D eigenvalue weighted by Crippen LogP contribution is -2.32. The van der Waals surface area contributed by atoms with E-state index in [4.69, 9.17) is 14.2 Å². The van der Waals surface area contributed by atoms with Crippen molar-refractivity contribution in [2.24, 2.45) is 5.92 Å². The zero-order valence-electron chi connectivity index (χ0n) is 12.5. The fraction of sp³-hybridized carbons (Fsp3) is 0.588. The summed E-state index contributed by atoms with van der Waals surface area (Å²) in [6.45, 7) is 4.08. The van der Waals surface area contributed by atoms with Crippen LogP contribution in [0.4, 0.5) is 0 Å². The second-order valence-corrected chi connectivity index (χ2v) is 5.75. The van der Waals surface area contributed by atoms with Crippen molar-refractivity contribution in [3.05, 3.63) is 23.8 Å². The average Bonchev–Trinajstić information content (AvgIpc) is 2.69. The number of ketones is 1. The van der Waals surface area contributed by atoms with E-state index in [-0.39, 0.29) is 5.78 Å². The van der Waals surface area contributed by atoms with Gasteiger partial charge in [0, 0.05) is 25.0 Å². The molecule has 0 unspecified atom stereocenters. The van der Waals surface area contributed by atoms with E-state index in [1.165, 1.54) is 0 Å². The Labute approximate surface area is 125 Å². The van der Waals surface area contributed by atoms with Crippen LogP contribution in [0.5, 0.6) is 11.5 Å². The molecule has 1 aliphatic heterocycles. The predicted octanol–water partition coefficient (Wildman–Crippen LogP) is 3.24. The summed E-state index contributed by atoms with van der Waals surface area (Å²) in [6.07, 6.45) is 3.84. The summed E-state index contributed by atoms with van der Waals surface area (Å²) in [6, 6.07) is 5.51. The molecule has 0 spiro atoms. The SMILES string of the molecule is CCOC1CC(CC(=O)c2ccc3c(c2)OCCCO3)C1. The summed E-state index contributed by atoms with van der Waals surface area (Å²) in [5.74, 6) is 2.08. The molecule has 3 rings (SSSR count). The van der Waals surface area contributed by atoms with Gasteiger partial charge < -0.3 is 14.2 Å². The van der Waals surface area contributed by atoms with Crippen LogP contribution >= 0.6 is 0 Å². The minimum Gasteiger partial charge on any atom is -0.490 e. The summed E-state index contributed by atoms with van der Waals surface area (Å²) in [4.78, 5) is 12.3. The van der Waals surface area contributed by atoms with Gasteiger partial charge in [-0.25, -0.2) is 0 Å². The van der Waals surface area contributed by atoms with Gasteiger partial charge in [-0.15, -0.1) is 0 Å². The Kier molecular flexibility index (Phi) is 4.44. The van der Waals surface area contributed by atoms with Crippen LogP contribution in [0.1, 0.15) is 43.0 Å². The first-order chi connectivity index (χ1) is 10.3. The molecular weight excluding hydrogens is 268 g/mol. The van der Waals surface area contributed by atoms with Crippen LogP contribution in [0.25, 0.3) is 0 Å². The van der Waals surface area contributed by atoms with Crippen LogP contribution in [0.15, 0.2) is 18.2 Å². The van der Waals surface area contributed by atoms with E-state index in [0.717, 1.165) is 37.2 Å². The first-order valence-electron chi connectivity index (χ1n) is 7.80. The molecule has 0 atom stereocenters. The molecule has 1 aromatic rings. The first kappa shape index (κ1) is 14.4. The molecule has 1 fully saturated rings. The smallest absolute Gasteiger partial charge is 0.163 e. The van der Waals surface area contributed by atoms with Gasteiger partial charge in [0.05, 0.1) is 19.3 Å². The number of carbonyl (C=O) groups excluding carboxylic acids is 1. The van der Waals surface area contributed by atoms with E-state index in [0.29, 0.717) is 37.4 Å². The van der Waals surface area contributed by atoms with Crippen molar-refractivity contribution in [1.82, 2.24) is 0 Å². The average molecular weight is 290 g/mol. The highest BCUT2D eigenvalue weighted by molar-refractivity contribution is 5.96. The largest absolute Gasteiger partial charge is 0.490 e. The number of hydrogen-bond acceptors (Lipinski definition) is 4. The van der Waals surface area contributed by atoms with Crippen molar-refractivity contribution in [1.29, 1.82) is 0 Å². The molecule has 1 saturated carbocycles. The van der Waals surface area contributed by atoms with Gasteiger partial charge in [0.25, 0.3) is 0 Å². The summed E-state index contributed by atoms with van der Waals surface area (Å²) < 4.78 is 16.8. The van der Waals surface area contributed by atoms with Crippen LogP contribution in [0.2, 0.25) is 0 Å². The summed E-state index contributed by atoms with van der Waals surface area (Å²) in [5, 5.41) is 0. The van der Waals surface area contributed by atoms with E-state index in [2.05, 4.69) is 0 Å². The Bertz CT molecular complexity index is 506. The zero-order valence-corrected chi connectivity index (χ0v) is 12.5. The van der Waals surface area contributed by atoms with E-state index < -0.39 is 0 Å². The van der Waals surface area contributed by atoms with Gasteiger partial charge in [0.15, 0.2) is 17.3 Å². The van der Waals surface area contributed by atoms with Gasteiger partial charge in [-0.3, -0.25) is 4.79 Å². The maximum atomic E-state index is 12.3.